The first-order chi connectivity index (χ1) is 11.3. The fraction of sp³-hybridized carbons (Fsp3) is 0.611. The summed E-state index contributed by atoms with van der Waals surface area (Å²) in [4.78, 5) is 14.9. The molecule has 1 aromatic rings. The second kappa shape index (κ2) is 8.43. The van der Waals surface area contributed by atoms with Gasteiger partial charge in [-0.2, -0.15) is 0 Å². The molecule has 1 aromatic carbocycles. The number of ether oxygens (including phenoxy) is 2. The summed E-state index contributed by atoms with van der Waals surface area (Å²) in [5.74, 6) is 0.625. The Morgan fingerprint density at radius 3 is 2.65 bits per heavy atom. The predicted octanol–water partition coefficient (Wildman–Crippen LogP) is 1.43. The molecule has 0 aliphatic carbocycles. The molecule has 2 saturated heterocycles. The van der Waals surface area contributed by atoms with Crippen LogP contribution in [0.4, 0.5) is 0 Å². The van der Waals surface area contributed by atoms with Crippen LogP contribution in [0.1, 0.15) is 18.4 Å². The zero-order valence-corrected chi connectivity index (χ0v) is 13.6. The van der Waals surface area contributed by atoms with Crippen LogP contribution in [-0.4, -0.2) is 56.4 Å². The Balaban J connectivity index is 1.67. The largest absolute Gasteiger partial charge is 0.381 e. The van der Waals surface area contributed by atoms with Gasteiger partial charge in [-0.3, -0.25) is 4.79 Å². The van der Waals surface area contributed by atoms with Crippen LogP contribution in [0.3, 0.4) is 0 Å². The number of hydrogen-bond donors (Lipinski definition) is 1. The Morgan fingerprint density at radius 2 is 1.96 bits per heavy atom. The third-order valence-electron chi connectivity index (χ3n) is 4.55. The molecule has 1 amide bonds. The standard InChI is InChI=1S/C18H26N2O3/c21-18(17-12-19-8-11-23-17)20(13-15-4-2-1-3-5-15)14-16-6-9-22-10-7-16/h1-5,16-17,19H,6-14H2. The topological polar surface area (TPSA) is 50.8 Å². The van der Waals surface area contributed by atoms with E-state index in [9.17, 15) is 4.79 Å². The minimum absolute atomic E-state index is 0.104. The number of nitrogens with one attached hydrogen (secondary N) is 1. The van der Waals surface area contributed by atoms with Crippen molar-refractivity contribution in [1.82, 2.24) is 10.2 Å². The van der Waals surface area contributed by atoms with Crippen LogP contribution in [0.25, 0.3) is 0 Å². The minimum Gasteiger partial charge on any atom is -0.381 e. The van der Waals surface area contributed by atoms with Gasteiger partial charge in [-0.1, -0.05) is 30.3 Å². The van der Waals surface area contributed by atoms with Gasteiger partial charge in [-0.15, -0.1) is 0 Å². The number of hydrogen-bond acceptors (Lipinski definition) is 4. The number of carbonyl (C=O) groups excluding carboxylic acids is 1. The molecule has 2 heterocycles. The van der Waals surface area contributed by atoms with Crippen molar-refractivity contribution in [1.29, 1.82) is 0 Å². The Hall–Kier alpha value is -1.43. The molecule has 1 N–H and O–H groups in total. The molecule has 0 saturated carbocycles. The maximum absolute atomic E-state index is 12.9. The molecular weight excluding hydrogens is 292 g/mol. The molecule has 1 atom stereocenters. The lowest BCUT2D eigenvalue weighted by Gasteiger charge is -2.33. The van der Waals surface area contributed by atoms with Gasteiger partial charge < -0.3 is 19.7 Å². The van der Waals surface area contributed by atoms with Gasteiger partial charge >= 0.3 is 0 Å². The van der Waals surface area contributed by atoms with Gasteiger partial charge in [0.1, 0.15) is 6.10 Å². The van der Waals surface area contributed by atoms with Crippen LogP contribution in [0.2, 0.25) is 0 Å². The van der Waals surface area contributed by atoms with E-state index in [1.807, 2.05) is 23.1 Å². The smallest absolute Gasteiger partial charge is 0.253 e. The average Bonchev–Trinajstić information content (AvgIpc) is 2.63. The quantitative estimate of drug-likeness (QED) is 0.892. The van der Waals surface area contributed by atoms with E-state index >= 15 is 0 Å². The molecule has 0 spiro atoms. The Morgan fingerprint density at radius 1 is 1.17 bits per heavy atom. The summed E-state index contributed by atoms with van der Waals surface area (Å²) in [7, 11) is 0. The highest BCUT2D eigenvalue weighted by Crippen LogP contribution is 2.19. The van der Waals surface area contributed by atoms with Gasteiger partial charge in [0.2, 0.25) is 0 Å². The Labute approximate surface area is 137 Å². The molecule has 5 nitrogen and oxygen atoms in total. The number of amides is 1. The van der Waals surface area contributed by atoms with E-state index in [0.29, 0.717) is 25.6 Å². The van der Waals surface area contributed by atoms with Crippen LogP contribution in [0.15, 0.2) is 30.3 Å². The number of morpholine rings is 1. The van der Waals surface area contributed by atoms with E-state index in [1.165, 1.54) is 0 Å². The van der Waals surface area contributed by atoms with Crippen molar-refractivity contribution in [2.75, 3.05) is 39.5 Å². The molecule has 2 aliphatic rings. The van der Waals surface area contributed by atoms with Crippen LogP contribution >= 0.6 is 0 Å². The first kappa shape index (κ1) is 16.4. The highest BCUT2D eigenvalue weighted by molar-refractivity contribution is 5.81. The summed E-state index contributed by atoms with van der Waals surface area (Å²) in [6.07, 6.45) is 1.71. The summed E-state index contributed by atoms with van der Waals surface area (Å²) in [6.45, 7) is 5.08. The lowest BCUT2D eigenvalue weighted by Crippen LogP contribution is -2.50. The van der Waals surface area contributed by atoms with E-state index in [1.54, 1.807) is 0 Å². The zero-order valence-electron chi connectivity index (χ0n) is 13.6. The van der Waals surface area contributed by atoms with Crippen molar-refractivity contribution in [3.8, 4) is 0 Å². The van der Waals surface area contributed by atoms with Crippen LogP contribution in [-0.2, 0) is 20.8 Å². The van der Waals surface area contributed by atoms with Crippen molar-refractivity contribution in [3.63, 3.8) is 0 Å². The minimum atomic E-state index is -0.354. The molecule has 5 heteroatoms. The van der Waals surface area contributed by atoms with Gasteiger partial charge in [-0.25, -0.2) is 0 Å². The molecule has 0 aromatic heterocycles. The van der Waals surface area contributed by atoms with Gasteiger partial charge in [0.05, 0.1) is 6.61 Å². The lowest BCUT2D eigenvalue weighted by molar-refractivity contribution is -0.147. The summed E-state index contributed by atoms with van der Waals surface area (Å²) >= 11 is 0. The van der Waals surface area contributed by atoms with Gasteiger partial charge in [-0.05, 0) is 24.3 Å². The average molecular weight is 318 g/mol. The third-order valence-corrected chi connectivity index (χ3v) is 4.55. The van der Waals surface area contributed by atoms with Crippen LogP contribution in [0.5, 0.6) is 0 Å². The van der Waals surface area contributed by atoms with Crippen molar-refractivity contribution < 1.29 is 14.3 Å². The second-order valence-electron chi connectivity index (χ2n) is 6.32. The normalized spacial score (nSPS) is 22.7. The highest BCUT2D eigenvalue weighted by Gasteiger charge is 2.29. The van der Waals surface area contributed by atoms with Crippen molar-refractivity contribution >= 4 is 5.91 Å². The molecule has 2 fully saturated rings. The highest BCUT2D eigenvalue weighted by atomic mass is 16.5. The van der Waals surface area contributed by atoms with Crippen molar-refractivity contribution in [2.24, 2.45) is 5.92 Å². The van der Waals surface area contributed by atoms with Crippen molar-refractivity contribution in [2.45, 2.75) is 25.5 Å². The van der Waals surface area contributed by atoms with E-state index < -0.39 is 0 Å². The molecule has 1 unspecified atom stereocenters. The van der Waals surface area contributed by atoms with Gasteiger partial charge in [0, 0.05) is 39.4 Å². The van der Waals surface area contributed by atoms with Gasteiger partial charge in [0.15, 0.2) is 0 Å². The first-order valence-electron chi connectivity index (χ1n) is 8.55. The molecule has 23 heavy (non-hydrogen) atoms. The fourth-order valence-corrected chi connectivity index (χ4v) is 3.20. The summed E-state index contributed by atoms with van der Waals surface area (Å²) in [5, 5.41) is 3.25. The maximum atomic E-state index is 12.9. The van der Waals surface area contributed by atoms with E-state index in [-0.39, 0.29) is 12.0 Å². The van der Waals surface area contributed by atoms with E-state index in [4.69, 9.17) is 9.47 Å². The summed E-state index contributed by atoms with van der Waals surface area (Å²) < 4.78 is 11.1. The molecule has 0 radical (unpaired) electrons. The molecular formula is C18H26N2O3. The molecule has 126 valence electrons. The van der Waals surface area contributed by atoms with Crippen LogP contribution in [0, 0.1) is 5.92 Å². The number of benzene rings is 1. The predicted molar refractivity (Wildman–Crippen MR) is 88.0 cm³/mol. The van der Waals surface area contributed by atoms with Gasteiger partial charge in [0.25, 0.3) is 5.91 Å². The third kappa shape index (κ3) is 4.77. The number of rotatable bonds is 5. The molecule has 2 aliphatic heterocycles. The SMILES string of the molecule is O=C(C1CNCCO1)N(Cc1ccccc1)CC1CCOCC1. The van der Waals surface area contributed by atoms with Crippen molar-refractivity contribution in [3.05, 3.63) is 35.9 Å². The summed E-state index contributed by atoms with van der Waals surface area (Å²) in [5.41, 5.74) is 1.16. The molecule has 0 bridgehead atoms. The Kier molecular flexibility index (Phi) is 6.02. The number of nitrogens with zero attached hydrogens (tertiary/aromatic N) is 1. The number of carbonyl (C=O) groups is 1. The molecule has 3 rings (SSSR count). The maximum Gasteiger partial charge on any atom is 0.253 e. The lowest BCUT2D eigenvalue weighted by atomic mass is 9.99. The Bertz CT molecular complexity index is 482. The van der Waals surface area contributed by atoms with E-state index in [2.05, 4.69) is 17.4 Å². The second-order valence-corrected chi connectivity index (χ2v) is 6.32. The first-order valence-corrected chi connectivity index (χ1v) is 8.55. The fourth-order valence-electron chi connectivity index (χ4n) is 3.20. The van der Waals surface area contributed by atoms with E-state index in [0.717, 1.165) is 44.7 Å². The van der Waals surface area contributed by atoms with Crippen LogP contribution < -0.4 is 5.32 Å². The summed E-state index contributed by atoms with van der Waals surface area (Å²) in [6, 6.07) is 10.2. The zero-order chi connectivity index (χ0) is 15.9. The monoisotopic (exact) mass is 318 g/mol.